The molecule has 36 heavy (non-hydrogen) atoms. The highest BCUT2D eigenvalue weighted by Gasteiger charge is 2.32. The molecule has 0 fully saturated rings. The van der Waals surface area contributed by atoms with Crippen molar-refractivity contribution < 1.29 is 41.3 Å². The molecule has 0 unspecified atom stereocenters. The Labute approximate surface area is 203 Å². The molecular formula is C25H23F5N2O4. The van der Waals surface area contributed by atoms with Gasteiger partial charge in [0.15, 0.2) is 17.7 Å². The lowest BCUT2D eigenvalue weighted by Gasteiger charge is -2.17. The van der Waals surface area contributed by atoms with Gasteiger partial charge in [-0.1, -0.05) is 32.0 Å². The van der Waals surface area contributed by atoms with E-state index in [0.717, 1.165) is 6.07 Å². The number of hydrogen-bond acceptors (Lipinski definition) is 5. The van der Waals surface area contributed by atoms with Gasteiger partial charge in [-0.25, -0.2) is 13.6 Å². The lowest BCUT2D eigenvalue weighted by atomic mass is 10.0. The molecular weight excluding hydrogens is 487 g/mol. The first-order chi connectivity index (χ1) is 16.9. The summed E-state index contributed by atoms with van der Waals surface area (Å²) >= 11 is 0. The monoisotopic (exact) mass is 510 g/mol. The molecule has 0 aliphatic carbocycles. The van der Waals surface area contributed by atoms with E-state index in [0.29, 0.717) is 23.3 Å². The molecule has 0 saturated carbocycles. The highest BCUT2D eigenvalue weighted by atomic mass is 19.4. The van der Waals surface area contributed by atoms with Gasteiger partial charge in [0.2, 0.25) is 0 Å². The summed E-state index contributed by atoms with van der Waals surface area (Å²) in [6.07, 6.45) is -6.24. The number of ether oxygens (including phenoxy) is 2. The van der Waals surface area contributed by atoms with Gasteiger partial charge >= 0.3 is 12.1 Å². The number of carbonyl (C=O) groups is 1. The fourth-order valence-corrected chi connectivity index (χ4v) is 3.33. The van der Waals surface area contributed by atoms with Crippen molar-refractivity contribution >= 4 is 5.97 Å². The number of hydrogen-bond donors (Lipinski definition) is 2. The van der Waals surface area contributed by atoms with Crippen LogP contribution in [0.15, 0.2) is 48.5 Å². The van der Waals surface area contributed by atoms with Crippen molar-refractivity contribution in [3.05, 3.63) is 71.3 Å². The van der Waals surface area contributed by atoms with Gasteiger partial charge in [-0.05, 0) is 53.3 Å². The number of carboxylic acids is 1. The van der Waals surface area contributed by atoms with Crippen LogP contribution in [0.2, 0.25) is 0 Å². The largest absolute Gasteiger partial charge is 0.479 e. The second-order valence-corrected chi connectivity index (χ2v) is 8.39. The summed E-state index contributed by atoms with van der Waals surface area (Å²) in [7, 11) is 0. The number of carboxylic acid groups (broad SMARTS) is 1. The number of rotatable bonds is 9. The molecule has 2 aromatic carbocycles. The molecule has 0 bridgehead atoms. The molecule has 0 aliphatic heterocycles. The summed E-state index contributed by atoms with van der Waals surface area (Å²) in [5, 5.41) is 9.32. The van der Waals surface area contributed by atoms with Crippen LogP contribution in [0.4, 0.5) is 22.0 Å². The van der Waals surface area contributed by atoms with Crippen molar-refractivity contribution in [1.29, 1.82) is 0 Å². The number of aliphatic carboxylic acids is 1. The third kappa shape index (κ3) is 6.69. The quantitative estimate of drug-likeness (QED) is 0.334. The predicted molar refractivity (Wildman–Crippen MR) is 121 cm³/mol. The van der Waals surface area contributed by atoms with E-state index in [1.165, 1.54) is 6.07 Å². The Morgan fingerprint density at radius 3 is 2.33 bits per heavy atom. The Morgan fingerprint density at radius 2 is 1.72 bits per heavy atom. The van der Waals surface area contributed by atoms with Gasteiger partial charge in [0.1, 0.15) is 5.75 Å². The maximum Gasteiger partial charge on any atom is 0.416 e. The van der Waals surface area contributed by atoms with Crippen LogP contribution in [0.5, 0.6) is 17.5 Å². The molecule has 0 aliphatic rings. The van der Waals surface area contributed by atoms with Crippen LogP contribution < -0.4 is 15.2 Å². The molecule has 0 radical (unpaired) electrons. The molecule has 11 heteroatoms. The van der Waals surface area contributed by atoms with Crippen LogP contribution in [-0.2, 0) is 17.5 Å². The first kappa shape index (κ1) is 26.9. The highest BCUT2D eigenvalue weighted by molar-refractivity contribution is 5.72. The number of halogens is 5. The van der Waals surface area contributed by atoms with Crippen molar-refractivity contribution in [3.8, 4) is 28.6 Å². The number of nitrogens with two attached hydrogens (primary N) is 1. The van der Waals surface area contributed by atoms with E-state index in [2.05, 4.69) is 4.98 Å². The Morgan fingerprint density at radius 1 is 1.03 bits per heavy atom. The maximum atomic E-state index is 14.4. The van der Waals surface area contributed by atoms with Gasteiger partial charge in [0.05, 0.1) is 5.56 Å². The van der Waals surface area contributed by atoms with E-state index >= 15 is 0 Å². The van der Waals surface area contributed by atoms with Gasteiger partial charge in [0.25, 0.3) is 11.8 Å². The molecule has 3 aromatic rings. The number of pyridine rings is 1. The van der Waals surface area contributed by atoms with Crippen LogP contribution in [0.1, 0.15) is 31.4 Å². The van der Waals surface area contributed by atoms with Crippen LogP contribution in [0, 0.1) is 17.6 Å². The van der Waals surface area contributed by atoms with Gasteiger partial charge in [-0.15, -0.1) is 0 Å². The Balaban J connectivity index is 2.02. The molecule has 192 valence electrons. The summed E-state index contributed by atoms with van der Waals surface area (Å²) in [5.74, 6) is -6.31. The molecule has 1 atom stereocenters. The van der Waals surface area contributed by atoms with E-state index in [4.69, 9.17) is 15.2 Å². The smallest absolute Gasteiger partial charge is 0.416 e. The van der Waals surface area contributed by atoms with E-state index in [-0.39, 0.29) is 24.4 Å². The van der Waals surface area contributed by atoms with Crippen molar-refractivity contribution in [2.75, 3.05) is 0 Å². The number of nitrogens with zero attached hydrogens (tertiary/aromatic N) is 1. The zero-order chi connectivity index (χ0) is 26.6. The SMILES string of the molecule is CC(C)C[C@@H](Oc1nc(Oc2cc(-c3cccc(CN)c3)cc(C(F)(F)F)c2)c(F)cc1F)C(=O)O. The van der Waals surface area contributed by atoms with Crippen molar-refractivity contribution in [1.82, 2.24) is 4.98 Å². The zero-order valence-corrected chi connectivity index (χ0v) is 19.3. The topological polar surface area (TPSA) is 94.7 Å². The normalized spacial score (nSPS) is 12.5. The highest BCUT2D eigenvalue weighted by Crippen LogP contribution is 2.38. The predicted octanol–water partition coefficient (Wildman–Crippen LogP) is 6.17. The lowest BCUT2D eigenvalue weighted by Crippen LogP contribution is -2.29. The first-order valence-corrected chi connectivity index (χ1v) is 10.8. The summed E-state index contributed by atoms with van der Waals surface area (Å²) in [4.78, 5) is 15.0. The minimum Gasteiger partial charge on any atom is -0.479 e. The second kappa shape index (κ2) is 10.9. The van der Waals surface area contributed by atoms with Crippen molar-refractivity contribution in [2.45, 2.75) is 39.1 Å². The molecule has 0 amide bonds. The van der Waals surface area contributed by atoms with E-state index < -0.39 is 53.0 Å². The van der Waals surface area contributed by atoms with E-state index in [1.54, 1.807) is 38.1 Å². The summed E-state index contributed by atoms with van der Waals surface area (Å²) < 4.78 is 79.8. The minimum absolute atomic E-state index is 0.00285. The van der Waals surface area contributed by atoms with Crippen molar-refractivity contribution in [3.63, 3.8) is 0 Å². The van der Waals surface area contributed by atoms with Gasteiger partial charge in [0, 0.05) is 12.6 Å². The fourth-order valence-electron chi connectivity index (χ4n) is 3.33. The Kier molecular flexibility index (Phi) is 8.13. The number of aromatic nitrogens is 1. The molecule has 3 rings (SSSR count). The van der Waals surface area contributed by atoms with E-state index in [9.17, 15) is 31.9 Å². The van der Waals surface area contributed by atoms with Crippen LogP contribution in [0.25, 0.3) is 11.1 Å². The maximum absolute atomic E-state index is 14.4. The van der Waals surface area contributed by atoms with Crippen molar-refractivity contribution in [2.24, 2.45) is 11.7 Å². The average Bonchev–Trinajstić information content (AvgIpc) is 2.80. The standard InChI is InChI=1S/C25H23F5N2O4/c1-13(2)6-21(24(33)34)36-23-20(27)11-19(26)22(32-23)35-18-9-16(8-17(10-18)25(28,29)30)15-5-3-4-14(7-15)12-31/h3-5,7-11,13,21H,6,12,31H2,1-2H3,(H,33,34)/t21-/m1/s1. The third-order valence-corrected chi connectivity index (χ3v) is 5.02. The Bertz CT molecular complexity index is 1250. The second-order valence-electron chi connectivity index (χ2n) is 8.39. The van der Waals surface area contributed by atoms with Gasteiger partial charge in [-0.2, -0.15) is 18.2 Å². The van der Waals surface area contributed by atoms with Crippen LogP contribution >= 0.6 is 0 Å². The molecule has 1 aromatic heterocycles. The van der Waals surface area contributed by atoms with Crippen LogP contribution in [-0.4, -0.2) is 22.2 Å². The molecule has 6 nitrogen and oxygen atoms in total. The molecule has 3 N–H and O–H groups in total. The van der Waals surface area contributed by atoms with Gasteiger partial charge < -0.3 is 20.3 Å². The number of alkyl halides is 3. The molecule has 0 spiro atoms. The summed E-state index contributed by atoms with van der Waals surface area (Å²) in [6, 6.07) is 9.62. The number of benzene rings is 2. The van der Waals surface area contributed by atoms with E-state index in [1.807, 2.05) is 0 Å². The first-order valence-electron chi connectivity index (χ1n) is 10.8. The summed E-state index contributed by atoms with van der Waals surface area (Å²) in [5.41, 5.74) is 5.73. The lowest BCUT2D eigenvalue weighted by molar-refractivity contribution is -0.146. The van der Waals surface area contributed by atoms with Gasteiger partial charge in [-0.3, -0.25) is 0 Å². The summed E-state index contributed by atoms with van der Waals surface area (Å²) in [6.45, 7) is 3.60. The Hall–Kier alpha value is -3.73. The third-order valence-electron chi connectivity index (χ3n) is 5.02. The minimum atomic E-state index is -4.76. The van der Waals surface area contributed by atoms with Crippen LogP contribution in [0.3, 0.4) is 0 Å². The fraction of sp³-hybridized carbons (Fsp3) is 0.280. The average molecular weight is 510 g/mol. The molecule has 1 heterocycles. The molecule has 0 saturated heterocycles. The zero-order valence-electron chi connectivity index (χ0n) is 19.3.